The number of hydrogen-bond donors (Lipinski definition) is 1. The van der Waals surface area contributed by atoms with Crippen LogP contribution in [0.25, 0.3) is 0 Å². The van der Waals surface area contributed by atoms with Crippen LogP contribution in [0.15, 0.2) is 11.3 Å². The first kappa shape index (κ1) is 12.7. The minimum Gasteiger partial charge on any atom is -0.456 e. The third kappa shape index (κ3) is 2.13. The lowest BCUT2D eigenvalue weighted by Gasteiger charge is -2.46. The Labute approximate surface area is 119 Å². The average Bonchev–Trinajstić information content (AvgIpc) is 3.22. The van der Waals surface area contributed by atoms with Crippen LogP contribution >= 0.6 is 0 Å². The summed E-state index contributed by atoms with van der Waals surface area (Å²) in [6, 6.07) is 0. The van der Waals surface area contributed by atoms with Crippen LogP contribution in [0, 0.1) is 5.92 Å². The van der Waals surface area contributed by atoms with Crippen LogP contribution in [0.5, 0.6) is 0 Å². The summed E-state index contributed by atoms with van der Waals surface area (Å²) in [6.07, 6.45) is 4.41. The largest absolute Gasteiger partial charge is 0.456 e. The molecule has 20 heavy (non-hydrogen) atoms. The number of nitrogens with one attached hydrogen (secondary N) is 1. The molecule has 3 aliphatic heterocycles. The Morgan fingerprint density at radius 1 is 1.25 bits per heavy atom. The molecule has 0 atom stereocenters. The maximum absolute atomic E-state index is 11.9. The van der Waals surface area contributed by atoms with Gasteiger partial charge >= 0.3 is 5.97 Å². The number of carbonyl (C=O) groups is 1. The average molecular weight is 278 g/mol. The summed E-state index contributed by atoms with van der Waals surface area (Å²) in [5.74, 6) is 0.389. The van der Waals surface area contributed by atoms with E-state index in [2.05, 4.69) is 10.2 Å². The Morgan fingerprint density at radius 2 is 2.05 bits per heavy atom. The van der Waals surface area contributed by atoms with Gasteiger partial charge in [-0.2, -0.15) is 0 Å². The number of esters is 1. The first-order chi connectivity index (χ1) is 9.77. The van der Waals surface area contributed by atoms with Gasteiger partial charge in [0.05, 0.1) is 23.5 Å². The quantitative estimate of drug-likeness (QED) is 0.752. The number of nitrogens with zero attached hydrogens (tertiary/aromatic N) is 1. The summed E-state index contributed by atoms with van der Waals surface area (Å²) in [5.41, 5.74) is 2.10. The van der Waals surface area contributed by atoms with Crippen molar-refractivity contribution in [3.05, 3.63) is 11.3 Å². The summed E-state index contributed by atoms with van der Waals surface area (Å²) >= 11 is 0. The molecule has 0 unspecified atom stereocenters. The Balaban J connectivity index is 1.57. The van der Waals surface area contributed by atoms with E-state index in [-0.39, 0.29) is 11.6 Å². The Hall–Kier alpha value is -1.07. The van der Waals surface area contributed by atoms with Gasteiger partial charge in [-0.15, -0.1) is 0 Å². The molecule has 0 aromatic rings. The van der Waals surface area contributed by atoms with Crippen molar-refractivity contribution >= 4 is 5.97 Å². The van der Waals surface area contributed by atoms with Gasteiger partial charge in [-0.25, -0.2) is 4.79 Å². The highest BCUT2D eigenvalue weighted by atomic mass is 16.5. The number of hydrogen-bond acceptors (Lipinski definition) is 5. The summed E-state index contributed by atoms with van der Waals surface area (Å²) in [5, 5.41) is 3.40. The first-order valence-electron chi connectivity index (χ1n) is 7.77. The fraction of sp³-hybridized carbons (Fsp3) is 0.800. The molecule has 0 bridgehead atoms. The molecule has 0 aromatic heterocycles. The number of piperidine rings is 1. The number of carbonyl (C=O) groups excluding carboxylic acids is 1. The van der Waals surface area contributed by atoms with Crippen molar-refractivity contribution in [2.75, 3.05) is 39.4 Å². The van der Waals surface area contributed by atoms with Crippen LogP contribution in [0.4, 0.5) is 0 Å². The zero-order valence-corrected chi connectivity index (χ0v) is 11.8. The fourth-order valence-electron chi connectivity index (χ4n) is 3.70. The van der Waals surface area contributed by atoms with E-state index in [1.807, 2.05) is 0 Å². The van der Waals surface area contributed by atoms with Crippen molar-refractivity contribution in [1.82, 2.24) is 10.2 Å². The molecule has 0 aromatic carbocycles. The molecule has 0 amide bonds. The fourth-order valence-corrected chi connectivity index (χ4v) is 3.70. The Bertz CT molecular complexity index is 445. The monoisotopic (exact) mass is 278 g/mol. The molecule has 4 aliphatic rings. The molecule has 2 saturated heterocycles. The lowest BCUT2D eigenvalue weighted by Crippen LogP contribution is -2.56. The van der Waals surface area contributed by atoms with E-state index in [4.69, 9.17) is 9.47 Å². The Morgan fingerprint density at radius 3 is 2.80 bits per heavy atom. The highest BCUT2D eigenvalue weighted by Gasteiger charge is 2.43. The normalized spacial score (nSPS) is 30.0. The van der Waals surface area contributed by atoms with Crippen molar-refractivity contribution in [3.8, 4) is 0 Å². The van der Waals surface area contributed by atoms with Crippen LogP contribution in [-0.4, -0.2) is 55.9 Å². The van der Waals surface area contributed by atoms with Gasteiger partial charge in [-0.3, -0.25) is 0 Å². The minimum absolute atomic E-state index is 0.0171. The molecule has 1 saturated carbocycles. The maximum Gasteiger partial charge on any atom is 0.336 e. The first-order valence-corrected chi connectivity index (χ1v) is 7.77. The van der Waals surface area contributed by atoms with Crippen molar-refractivity contribution < 1.29 is 14.3 Å². The van der Waals surface area contributed by atoms with Crippen LogP contribution in [0.1, 0.15) is 25.7 Å². The van der Waals surface area contributed by atoms with Gasteiger partial charge in [0.2, 0.25) is 0 Å². The third-order valence-electron chi connectivity index (χ3n) is 5.00. The second-order valence-electron chi connectivity index (χ2n) is 6.41. The molecule has 5 nitrogen and oxygen atoms in total. The third-order valence-corrected chi connectivity index (χ3v) is 5.00. The van der Waals surface area contributed by atoms with Crippen molar-refractivity contribution in [1.29, 1.82) is 0 Å². The van der Waals surface area contributed by atoms with E-state index in [9.17, 15) is 4.79 Å². The van der Waals surface area contributed by atoms with E-state index in [0.29, 0.717) is 12.5 Å². The van der Waals surface area contributed by atoms with Crippen LogP contribution < -0.4 is 5.32 Å². The number of morpholine rings is 1. The van der Waals surface area contributed by atoms with Gasteiger partial charge in [-0.05, 0) is 44.7 Å². The molecule has 3 fully saturated rings. The standard InChI is InChI=1S/C15H22N2O3/c18-14-13(11-1-2-11)12(9-19-14)17-7-8-20-15(10-17)3-5-16-6-4-15/h11,16H,1-10H2. The maximum atomic E-state index is 11.9. The van der Waals surface area contributed by atoms with Crippen molar-refractivity contribution in [2.45, 2.75) is 31.3 Å². The van der Waals surface area contributed by atoms with Crippen molar-refractivity contribution in [2.24, 2.45) is 5.92 Å². The van der Waals surface area contributed by atoms with Gasteiger partial charge in [0, 0.05) is 13.1 Å². The Kier molecular flexibility index (Phi) is 3.00. The highest BCUT2D eigenvalue weighted by Crippen LogP contribution is 2.42. The summed E-state index contributed by atoms with van der Waals surface area (Å²) in [7, 11) is 0. The molecule has 5 heteroatoms. The van der Waals surface area contributed by atoms with Gasteiger partial charge in [0.15, 0.2) is 0 Å². The molecule has 1 N–H and O–H groups in total. The zero-order valence-electron chi connectivity index (χ0n) is 11.8. The van der Waals surface area contributed by atoms with Crippen LogP contribution in [0.2, 0.25) is 0 Å². The molecule has 0 radical (unpaired) electrons. The van der Waals surface area contributed by atoms with E-state index in [0.717, 1.165) is 69.7 Å². The summed E-state index contributed by atoms with van der Waals surface area (Å²) in [4.78, 5) is 14.3. The predicted octanol–water partition coefficient (Wildman–Crippen LogP) is 0.662. The predicted molar refractivity (Wildman–Crippen MR) is 73.1 cm³/mol. The van der Waals surface area contributed by atoms with Gasteiger partial charge in [-0.1, -0.05) is 0 Å². The molecule has 4 rings (SSSR count). The highest BCUT2D eigenvalue weighted by molar-refractivity contribution is 5.92. The topological polar surface area (TPSA) is 50.8 Å². The van der Waals surface area contributed by atoms with Gasteiger partial charge < -0.3 is 19.7 Å². The minimum atomic E-state index is -0.0756. The second-order valence-corrected chi connectivity index (χ2v) is 6.41. The summed E-state index contributed by atoms with van der Waals surface area (Å²) in [6.45, 7) is 5.08. The molecular weight excluding hydrogens is 256 g/mol. The number of rotatable bonds is 2. The SMILES string of the molecule is O=C1OCC(N2CCOC3(CCNCC3)C2)=C1C1CC1. The molecule has 1 aliphatic carbocycles. The lowest BCUT2D eigenvalue weighted by atomic mass is 9.90. The van der Waals surface area contributed by atoms with Crippen molar-refractivity contribution in [3.63, 3.8) is 0 Å². The van der Waals surface area contributed by atoms with E-state index < -0.39 is 0 Å². The van der Waals surface area contributed by atoms with E-state index in [1.165, 1.54) is 0 Å². The van der Waals surface area contributed by atoms with Gasteiger partial charge in [0.1, 0.15) is 6.61 Å². The van der Waals surface area contributed by atoms with Gasteiger partial charge in [0.25, 0.3) is 0 Å². The zero-order chi connectivity index (χ0) is 13.6. The van der Waals surface area contributed by atoms with E-state index >= 15 is 0 Å². The summed E-state index contributed by atoms with van der Waals surface area (Å²) < 4.78 is 11.4. The van der Waals surface area contributed by atoms with Crippen LogP contribution in [0.3, 0.4) is 0 Å². The molecule has 3 heterocycles. The smallest absolute Gasteiger partial charge is 0.336 e. The number of cyclic esters (lactones) is 1. The van der Waals surface area contributed by atoms with E-state index in [1.54, 1.807) is 0 Å². The molecule has 1 spiro atoms. The second kappa shape index (κ2) is 4.74. The molecular formula is C15H22N2O3. The molecule has 110 valence electrons. The number of ether oxygens (including phenoxy) is 2. The van der Waals surface area contributed by atoms with Crippen LogP contribution in [-0.2, 0) is 14.3 Å². The lowest BCUT2D eigenvalue weighted by molar-refractivity contribution is -0.136.